The third kappa shape index (κ3) is 6.06. The molecule has 1 aliphatic heterocycles. The third-order valence-corrected chi connectivity index (χ3v) is 5.35. The van der Waals surface area contributed by atoms with Gasteiger partial charge in [-0.15, -0.1) is 0 Å². The van der Waals surface area contributed by atoms with Gasteiger partial charge in [0, 0.05) is 36.3 Å². The molecular weight excluding hydrogens is 358 g/mol. The molecule has 4 nitrogen and oxygen atoms in total. The van der Waals surface area contributed by atoms with Crippen LogP contribution in [-0.4, -0.2) is 29.9 Å². The first-order valence-electron chi connectivity index (χ1n) is 9.60. The van der Waals surface area contributed by atoms with Crippen LogP contribution in [0.3, 0.4) is 0 Å². The predicted molar refractivity (Wildman–Crippen MR) is 112 cm³/mol. The quantitative estimate of drug-likeness (QED) is 0.762. The van der Waals surface area contributed by atoms with Crippen LogP contribution >= 0.6 is 11.6 Å². The molecule has 2 aromatic carbocycles. The highest BCUT2D eigenvalue weighted by molar-refractivity contribution is 6.30. The molecule has 5 heteroatoms. The zero-order valence-corrected chi connectivity index (χ0v) is 16.8. The number of benzene rings is 2. The molecule has 1 amide bonds. The van der Waals surface area contributed by atoms with Crippen molar-refractivity contribution in [2.75, 3.05) is 18.4 Å². The topological polar surface area (TPSA) is 44.4 Å². The third-order valence-electron chi connectivity index (χ3n) is 5.10. The van der Waals surface area contributed by atoms with Gasteiger partial charge in [-0.25, -0.2) is 0 Å². The van der Waals surface area contributed by atoms with E-state index in [4.69, 9.17) is 11.6 Å². The number of halogens is 1. The van der Waals surface area contributed by atoms with Gasteiger partial charge in [-0.05, 0) is 68.2 Å². The van der Waals surface area contributed by atoms with Gasteiger partial charge in [0.15, 0.2) is 0 Å². The maximum atomic E-state index is 11.3. The Morgan fingerprint density at radius 3 is 2.56 bits per heavy atom. The number of rotatable bonds is 6. The summed E-state index contributed by atoms with van der Waals surface area (Å²) < 4.78 is 0. The average molecular weight is 386 g/mol. The van der Waals surface area contributed by atoms with Crippen LogP contribution in [0.1, 0.15) is 43.9 Å². The van der Waals surface area contributed by atoms with E-state index < -0.39 is 0 Å². The lowest BCUT2D eigenvalue weighted by Gasteiger charge is -2.34. The zero-order chi connectivity index (χ0) is 19.2. The minimum absolute atomic E-state index is 0.0409. The summed E-state index contributed by atoms with van der Waals surface area (Å²) in [7, 11) is 0. The summed E-state index contributed by atoms with van der Waals surface area (Å²) in [5.74, 6) is -0.0409. The van der Waals surface area contributed by atoms with E-state index in [2.05, 4.69) is 46.7 Å². The van der Waals surface area contributed by atoms with Crippen LogP contribution in [0.25, 0.3) is 0 Å². The zero-order valence-electron chi connectivity index (χ0n) is 16.0. The lowest BCUT2D eigenvalue weighted by atomic mass is 10.0. The van der Waals surface area contributed by atoms with Crippen LogP contribution in [0.15, 0.2) is 48.5 Å². The largest absolute Gasteiger partial charge is 0.326 e. The minimum atomic E-state index is -0.0409. The van der Waals surface area contributed by atoms with Crippen LogP contribution in [0.4, 0.5) is 5.69 Å². The molecule has 0 saturated carbocycles. The van der Waals surface area contributed by atoms with Crippen molar-refractivity contribution in [3.63, 3.8) is 0 Å². The lowest BCUT2D eigenvalue weighted by Crippen LogP contribution is -2.42. The Balaban J connectivity index is 1.48. The van der Waals surface area contributed by atoms with Crippen molar-refractivity contribution >= 4 is 23.2 Å². The number of anilines is 1. The molecule has 0 bridgehead atoms. The molecular formula is C22H28ClN3O. The van der Waals surface area contributed by atoms with E-state index in [-0.39, 0.29) is 11.9 Å². The van der Waals surface area contributed by atoms with Gasteiger partial charge in [0.2, 0.25) is 5.91 Å². The first-order chi connectivity index (χ1) is 13.0. The second-order valence-electron chi connectivity index (χ2n) is 7.37. The number of carbonyl (C=O) groups excluding carboxylic acids is 1. The highest BCUT2D eigenvalue weighted by atomic mass is 35.5. The summed E-state index contributed by atoms with van der Waals surface area (Å²) in [5.41, 5.74) is 3.37. The summed E-state index contributed by atoms with van der Waals surface area (Å²) in [6, 6.07) is 17.0. The first kappa shape index (κ1) is 19.9. The molecule has 1 atom stereocenters. The van der Waals surface area contributed by atoms with Gasteiger partial charge >= 0.3 is 0 Å². The molecule has 0 spiro atoms. The van der Waals surface area contributed by atoms with E-state index in [9.17, 15) is 4.79 Å². The molecule has 2 N–H and O–H groups in total. The van der Waals surface area contributed by atoms with Crippen molar-refractivity contribution in [1.29, 1.82) is 0 Å². The Morgan fingerprint density at radius 1 is 1.19 bits per heavy atom. The van der Waals surface area contributed by atoms with Crippen molar-refractivity contribution in [2.45, 2.75) is 45.3 Å². The highest BCUT2D eigenvalue weighted by Gasteiger charge is 2.21. The van der Waals surface area contributed by atoms with Crippen LogP contribution in [0.2, 0.25) is 5.02 Å². The number of carbonyl (C=O) groups is 1. The SMILES string of the molecule is CC(=O)Nc1cccc(C(C)NC2CCN(Cc3ccc(Cl)cc3)CC2)c1. The van der Waals surface area contributed by atoms with Gasteiger partial charge in [0.25, 0.3) is 0 Å². The Morgan fingerprint density at radius 2 is 1.89 bits per heavy atom. The predicted octanol–water partition coefficient (Wildman–Crippen LogP) is 4.61. The molecule has 2 aromatic rings. The molecule has 1 unspecified atom stereocenters. The van der Waals surface area contributed by atoms with Gasteiger partial charge in [-0.1, -0.05) is 35.9 Å². The fraction of sp³-hybridized carbons (Fsp3) is 0.409. The number of piperidine rings is 1. The summed E-state index contributed by atoms with van der Waals surface area (Å²) in [5, 5.41) is 7.40. The van der Waals surface area contributed by atoms with Gasteiger partial charge in [0.1, 0.15) is 0 Å². The number of nitrogens with one attached hydrogen (secondary N) is 2. The van der Waals surface area contributed by atoms with Crippen molar-refractivity contribution in [3.05, 3.63) is 64.7 Å². The van der Waals surface area contributed by atoms with E-state index in [1.807, 2.05) is 24.3 Å². The first-order valence-corrected chi connectivity index (χ1v) is 9.98. The normalized spacial score (nSPS) is 16.9. The molecule has 0 aromatic heterocycles. The van der Waals surface area contributed by atoms with E-state index >= 15 is 0 Å². The molecule has 1 fully saturated rings. The summed E-state index contributed by atoms with van der Waals surface area (Å²) in [6.45, 7) is 6.90. The summed E-state index contributed by atoms with van der Waals surface area (Å²) >= 11 is 5.96. The van der Waals surface area contributed by atoms with Gasteiger partial charge in [-0.2, -0.15) is 0 Å². The number of nitrogens with zero attached hydrogens (tertiary/aromatic N) is 1. The Labute approximate surface area is 166 Å². The summed E-state index contributed by atoms with van der Waals surface area (Å²) in [4.78, 5) is 13.8. The van der Waals surface area contributed by atoms with Crippen molar-refractivity contribution < 1.29 is 4.79 Å². The second-order valence-corrected chi connectivity index (χ2v) is 7.81. The van der Waals surface area contributed by atoms with Gasteiger partial charge < -0.3 is 10.6 Å². The van der Waals surface area contributed by atoms with Gasteiger partial charge in [-0.3, -0.25) is 9.69 Å². The summed E-state index contributed by atoms with van der Waals surface area (Å²) in [6.07, 6.45) is 2.28. The minimum Gasteiger partial charge on any atom is -0.326 e. The van der Waals surface area contributed by atoms with E-state index in [1.165, 1.54) is 18.1 Å². The Bertz CT molecular complexity index is 754. The average Bonchev–Trinajstić information content (AvgIpc) is 2.65. The fourth-order valence-electron chi connectivity index (χ4n) is 3.64. The van der Waals surface area contributed by atoms with Gasteiger partial charge in [0.05, 0.1) is 0 Å². The highest BCUT2D eigenvalue weighted by Crippen LogP contribution is 2.21. The van der Waals surface area contributed by atoms with E-state index in [0.29, 0.717) is 6.04 Å². The van der Waals surface area contributed by atoms with Crippen molar-refractivity contribution in [2.24, 2.45) is 0 Å². The van der Waals surface area contributed by atoms with Crippen LogP contribution < -0.4 is 10.6 Å². The van der Waals surface area contributed by atoms with E-state index in [0.717, 1.165) is 43.2 Å². The molecule has 27 heavy (non-hydrogen) atoms. The van der Waals surface area contributed by atoms with Crippen LogP contribution in [-0.2, 0) is 11.3 Å². The second kappa shape index (κ2) is 9.36. The standard InChI is InChI=1S/C22H28ClN3O/c1-16(19-4-3-5-22(14-19)25-17(2)27)24-21-10-12-26(13-11-21)15-18-6-8-20(23)9-7-18/h3-9,14,16,21,24H,10-13,15H2,1-2H3,(H,25,27). The smallest absolute Gasteiger partial charge is 0.221 e. The molecule has 0 aliphatic carbocycles. The Kier molecular flexibility index (Phi) is 6.89. The van der Waals surface area contributed by atoms with Crippen LogP contribution in [0.5, 0.6) is 0 Å². The van der Waals surface area contributed by atoms with E-state index in [1.54, 1.807) is 0 Å². The molecule has 3 rings (SSSR count). The maximum absolute atomic E-state index is 11.3. The number of likely N-dealkylation sites (tertiary alicyclic amines) is 1. The van der Waals surface area contributed by atoms with Crippen LogP contribution in [0, 0.1) is 0 Å². The maximum Gasteiger partial charge on any atom is 0.221 e. The van der Waals surface area contributed by atoms with Crippen molar-refractivity contribution in [3.8, 4) is 0 Å². The van der Waals surface area contributed by atoms with Crippen molar-refractivity contribution in [1.82, 2.24) is 10.2 Å². The molecule has 144 valence electrons. The molecule has 1 saturated heterocycles. The molecule has 1 heterocycles. The number of hydrogen-bond donors (Lipinski definition) is 2. The number of amides is 1. The Hall–Kier alpha value is -1.88. The lowest BCUT2D eigenvalue weighted by molar-refractivity contribution is -0.114. The monoisotopic (exact) mass is 385 g/mol. The molecule has 0 radical (unpaired) electrons. The fourth-order valence-corrected chi connectivity index (χ4v) is 3.77. The number of hydrogen-bond acceptors (Lipinski definition) is 3. The molecule has 1 aliphatic rings.